The van der Waals surface area contributed by atoms with Crippen molar-refractivity contribution in [2.75, 3.05) is 17.9 Å². The molecule has 0 bridgehead atoms. The molecule has 2 aromatic rings. The highest BCUT2D eigenvalue weighted by Gasteiger charge is 2.23. The monoisotopic (exact) mass is 396 g/mol. The summed E-state index contributed by atoms with van der Waals surface area (Å²) in [4.78, 5) is 11.7. The Hall–Kier alpha value is -2.52. The Bertz CT molecular complexity index is 944. The van der Waals surface area contributed by atoms with E-state index >= 15 is 0 Å². The van der Waals surface area contributed by atoms with Crippen LogP contribution < -0.4 is 10.0 Å². The molecule has 0 radical (unpaired) electrons. The molecule has 1 saturated heterocycles. The summed E-state index contributed by atoms with van der Waals surface area (Å²) in [5.41, 5.74) is 0.0765. The Morgan fingerprint density at radius 2 is 1.96 bits per heavy atom. The molecule has 2 aromatic carbocycles. The molecule has 3 rings (SSSR count). The largest absolute Gasteiger partial charge is 0.376 e. The standard InChI is InChI=1S/C18H18F2N2O4S/c19-12-7-8-17(15(20)10-12)27(24,25)22-16-6-2-1-5-14(16)18(23)21-11-13-4-3-9-26-13/h1-2,5-8,10,13,22H,3-4,9,11H2,(H,21,23). The number of sulfonamides is 1. The highest BCUT2D eigenvalue weighted by atomic mass is 32.2. The van der Waals surface area contributed by atoms with Crippen molar-refractivity contribution in [1.82, 2.24) is 5.32 Å². The molecular formula is C18H18F2N2O4S. The molecule has 1 aliphatic rings. The van der Waals surface area contributed by atoms with E-state index in [4.69, 9.17) is 4.74 Å². The molecule has 1 aliphatic heterocycles. The lowest BCUT2D eigenvalue weighted by Gasteiger charge is -2.14. The Morgan fingerprint density at radius 1 is 1.19 bits per heavy atom. The van der Waals surface area contributed by atoms with Crippen molar-refractivity contribution in [3.8, 4) is 0 Å². The Kier molecular flexibility index (Phi) is 5.71. The van der Waals surface area contributed by atoms with E-state index in [0.29, 0.717) is 19.2 Å². The maximum Gasteiger partial charge on any atom is 0.264 e. The first-order chi connectivity index (χ1) is 12.9. The summed E-state index contributed by atoms with van der Waals surface area (Å²) >= 11 is 0. The molecule has 1 amide bonds. The van der Waals surface area contributed by atoms with Gasteiger partial charge in [-0.2, -0.15) is 0 Å². The lowest BCUT2D eigenvalue weighted by Crippen LogP contribution is -2.32. The van der Waals surface area contributed by atoms with Crippen molar-refractivity contribution in [2.24, 2.45) is 0 Å². The molecule has 1 atom stereocenters. The van der Waals surface area contributed by atoms with E-state index in [-0.39, 0.29) is 17.4 Å². The van der Waals surface area contributed by atoms with Crippen LogP contribution in [0.15, 0.2) is 47.4 Å². The van der Waals surface area contributed by atoms with Crippen LogP contribution in [0.1, 0.15) is 23.2 Å². The van der Waals surface area contributed by atoms with Crippen molar-refractivity contribution in [3.05, 3.63) is 59.7 Å². The molecule has 0 aliphatic carbocycles. The van der Waals surface area contributed by atoms with Gasteiger partial charge in [-0.05, 0) is 37.1 Å². The molecule has 1 heterocycles. The van der Waals surface area contributed by atoms with Crippen LogP contribution in [0.3, 0.4) is 0 Å². The van der Waals surface area contributed by atoms with Crippen LogP contribution in [-0.2, 0) is 14.8 Å². The maximum atomic E-state index is 13.8. The lowest BCUT2D eigenvalue weighted by atomic mass is 10.1. The summed E-state index contributed by atoms with van der Waals surface area (Å²) < 4.78 is 59.4. The van der Waals surface area contributed by atoms with Crippen LogP contribution in [0, 0.1) is 11.6 Å². The third-order valence-corrected chi connectivity index (χ3v) is 5.51. The van der Waals surface area contributed by atoms with E-state index in [1.54, 1.807) is 6.07 Å². The summed E-state index contributed by atoms with van der Waals surface area (Å²) in [5.74, 6) is -2.59. The summed E-state index contributed by atoms with van der Waals surface area (Å²) in [7, 11) is -4.34. The molecule has 2 N–H and O–H groups in total. The van der Waals surface area contributed by atoms with E-state index in [9.17, 15) is 22.0 Å². The topological polar surface area (TPSA) is 84.5 Å². The maximum absolute atomic E-state index is 13.8. The summed E-state index contributed by atoms with van der Waals surface area (Å²) in [5, 5.41) is 2.70. The number of para-hydroxylation sites is 1. The number of carbonyl (C=O) groups is 1. The average molecular weight is 396 g/mol. The Balaban J connectivity index is 1.79. The van der Waals surface area contributed by atoms with Crippen LogP contribution in [0.2, 0.25) is 0 Å². The normalized spacial score (nSPS) is 16.9. The highest BCUT2D eigenvalue weighted by molar-refractivity contribution is 7.92. The van der Waals surface area contributed by atoms with Crippen molar-refractivity contribution in [1.29, 1.82) is 0 Å². The van der Waals surface area contributed by atoms with Crippen molar-refractivity contribution >= 4 is 21.6 Å². The summed E-state index contributed by atoms with van der Waals surface area (Å²) in [6.45, 7) is 0.965. The van der Waals surface area contributed by atoms with Crippen LogP contribution in [0.4, 0.5) is 14.5 Å². The van der Waals surface area contributed by atoms with Crippen molar-refractivity contribution < 1.29 is 26.7 Å². The van der Waals surface area contributed by atoms with E-state index in [1.807, 2.05) is 0 Å². The number of hydrogen-bond acceptors (Lipinski definition) is 4. The number of nitrogens with one attached hydrogen (secondary N) is 2. The minimum absolute atomic E-state index is 0.00827. The van der Waals surface area contributed by atoms with E-state index in [0.717, 1.165) is 25.0 Å². The second-order valence-corrected chi connectivity index (χ2v) is 7.72. The van der Waals surface area contributed by atoms with Crippen LogP contribution in [0.5, 0.6) is 0 Å². The molecule has 9 heteroatoms. The summed E-state index contributed by atoms with van der Waals surface area (Å²) in [6.07, 6.45) is 1.71. The number of rotatable bonds is 6. The second-order valence-electron chi connectivity index (χ2n) is 6.07. The highest BCUT2D eigenvalue weighted by Crippen LogP contribution is 2.22. The van der Waals surface area contributed by atoms with E-state index in [2.05, 4.69) is 10.0 Å². The average Bonchev–Trinajstić information content (AvgIpc) is 3.13. The minimum Gasteiger partial charge on any atom is -0.376 e. The third-order valence-electron chi connectivity index (χ3n) is 4.11. The minimum atomic E-state index is -4.34. The van der Waals surface area contributed by atoms with Crippen molar-refractivity contribution in [3.63, 3.8) is 0 Å². The number of anilines is 1. The number of halogens is 2. The van der Waals surface area contributed by atoms with Gasteiger partial charge in [-0.25, -0.2) is 17.2 Å². The molecular weight excluding hydrogens is 378 g/mol. The fourth-order valence-electron chi connectivity index (χ4n) is 2.77. The Morgan fingerprint density at radius 3 is 2.67 bits per heavy atom. The number of carbonyl (C=O) groups excluding carboxylic acids is 1. The molecule has 1 fully saturated rings. The first kappa shape index (κ1) is 19.2. The van der Waals surface area contributed by atoms with Gasteiger partial charge >= 0.3 is 0 Å². The fourth-order valence-corrected chi connectivity index (χ4v) is 3.91. The SMILES string of the molecule is O=C(NCC1CCCO1)c1ccccc1NS(=O)(=O)c1ccc(F)cc1F. The first-order valence-corrected chi connectivity index (χ1v) is 9.82. The Labute approximate surface area is 155 Å². The fraction of sp³-hybridized carbons (Fsp3) is 0.278. The van der Waals surface area contributed by atoms with Gasteiger partial charge < -0.3 is 10.1 Å². The predicted octanol–water partition coefficient (Wildman–Crippen LogP) is 2.67. The van der Waals surface area contributed by atoms with Gasteiger partial charge in [-0.3, -0.25) is 9.52 Å². The summed E-state index contributed by atoms with van der Waals surface area (Å²) in [6, 6.07) is 8.11. The van der Waals surface area contributed by atoms with Gasteiger partial charge in [0.05, 0.1) is 17.4 Å². The first-order valence-electron chi connectivity index (χ1n) is 8.33. The molecule has 0 spiro atoms. The number of ether oxygens (including phenoxy) is 1. The molecule has 6 nitrogen and oxygen atoms in total. The van der Waals surface area contributed by atoms with Crippen LogP contribution in [0.25, 0.3) is 0 Å². The lowest BCUT2D eigenvalue weighted by molar-refractivity contribution is 0.0858. The van der Waals surface area contributed by atoms with Gasteiger partial charge in [-0.1, -0.05) is 12.1 Å². The molecule has 144 valence electrons. The molecule has 27 heavy (non-hydrogen) atoms. The van der Waals surface area contributed by atoms with Gasteiger partial charge in [0.15, 0.2) is 0 Å². The number of benzene rings is 2. The van der Waals surface area contributed by atoms with Gasteiger partial charge in [0.1, 0.15) is 16.5 Å². The number of hydrogen-bond donors (Lipinski definition) is 2. The van der Waals surface area contributed by atoms with Crippen LogP contribution in [-0.4, -0.2) is 33.6 Å². The van der Waals surface area contributed by atoms with Crippen LogP contribution >= 0.6 is 0 Å². The van der Waals surface area contributed by atoms with E-state index in [1.165, 1.54) is 18.2 Å². The van der Waals surface area contributed by atoms with E-state index < -0.39 is 32.5 Å². The van der Waals surface area contributed by atoms with Gasteiger partial charge in [0.25, 0.3) is 15.9 Å². The van der Waals surface area contributed by atoms with Gasteiger partial charge in [0, 0.05) is 19.2 Å². The molecule has 0 saturated carbocycles. The van der Waals surface area contributed by atoms with Gasteiger partial charge in [0.2, 0.25) is 0 Å². The number of amides is 1. The second kappa shape index (κ2) is 8.01. The third kappa shape index (κ3) is 4.61. The predicted molar refractivity (Wildman–Crippen MR) is 94.9 cm³/mol. The van der Waals surface area contributed by atoms with Crippen molar-refractivity contribution in [2.45, 2.75) is 23.8 Å². The molecule has 0 aromatic heterocycles. The zero-order valence-corrected chi connectivity index (χ0v) is 15.1. The zero-order chi connectivity index (χ0) is 19.4. The molecule has 1 unspecified atom stereocenters. The quantitative estimate of drug-likeness (QED) is 0.786. The smallest absolute Gasteiger partial charge is 0.264 e. The van der Waals surface area contributed by atoms with Gasteiger partial charge in [-0.15, -0.1) is 0 Å². The zero-order valence-electron chi connectivity index (χ0n) is 14.2.